The van der Waals surface area contributed by atoms with Crippen LogP contribution in [0.25, 0.3) is 0 Å². The van der Waals surface area contributed by atoms with Crippen molar-refractivity contribution in [2.24, 2.45) is 11.8 Å². The number of carbonyl (C=O) groups is 2. The summed E-state index contributed by atoms with van der Waals surface area (Å²) < 4.78 is 10.7. The minimum Gasteiger partial charge on any atom is -0.368 e. The summed E-state index contributed by atoms with van der Waals surface area (Å²) in [5, 5.41) is 7.20. The lowest BCUT2D eigenvalue weighted by molar-refractivity contribution is -0.143. The summed E-state index contributed by atoms with van der Waals surface area (Å²) in [6.07, 6.45) is 4.82. The molecule has 1 aliphatic carbocycles. The molecule has 2 aliphatic heterocycles. The summed E-state index contributed by atoms with van der Waals surface area (Å²) in [5.74, 6) is 1.74. The van der Waals surface area contributed by atoms with Crippen molar-refractivity contribution in [2.45, 2.75) is 64.5 Å². The molecular weight excluding hydrogens is 346 g/mol. The first kappa shape index (κ1) is 18.5. The summed E-state index contributed by atoms with van der Waals surface area (Å²) in [5.41, 5.74) is 1.89. The van der Waals surface area contributed by atoms with Gasteiger partial charge in [0, 0.05) is 37.7 Å². The van der Waals surface area contributed by atoms with Gasteiger partial charge in [0.05, 0.1) is 5.69 Å². The zero-order valence-electron chi connectivity index (χ0n) is 16.2. The van der Waals surface area contributed by atoms with Gasteiger partial charge in [0.25, 0.3) is 5.91 Å². The lowest BCUT2D eigenvalue weighted by atomic mass is 9.91. The number of nitrogens with zero attached hydrogens (tertiary/aromatic N) is 2. The van der Waals surface area contributed by atoms with E-state index in [0.29, 0.717) is 31.3 Å². The minimum absolute atomic E-state index is 0.0794. The second kappa shape index (κ2) is 7.62. The lowest BCUT2D eigenvalue weighted by Gasteiger charge is -2.39. The summed E-state index contributed by atoms with van der Waals surface area (Å²) >= 11 is 0. The molecule has 148 valence electrons. The van der Waals surface area contributed by atoms with Crippen LogP contribution in [0.15, 0.2) is 4.52 Å². The third kappa shape index (κ3) is 3.74. The van der Waals surface area contributed by atoms with Crippen LogP contribution < -0.4 is 5.32 Å². The Morgan fingerprint density at radius 2 is 1.93 bits per heavy atom. The number of ether oxygens (including phenoxy) is 1. The lowest BCUT2D eigenvalue weighted by Crippen LogP contribution is -2.55. The molecule has 1 unspecified atom stereocenters. The first-order valence-electron chi connectivity index (χ1n) is 10.1. The summed E-state index contributed by atoms with van der Waals surface area (Å²) in [4.78, 5) is 27.1. The van der Waals surface area contributed by atoms with Crippen LogP contribution in [0.2, 0.25) is 0 Å². The number of aryl methyl sites for hydroxylation is 2. The number of carbonyl (C=O) groups excluding carboxylic acids is 2. The molecule has 7 heteroatoms. The fraction of sp³-hybridized carbons (Fsp3) is 0.750. The Hall–Kier alpha value is -1.89. The third-order valence-corrected chi connectivity index (χ3v) is 6.46. The molecule has 3 fully saturated rings. The van der Waals surface area contributed by atoms with Crippen LogP contribution in [0.1, 0.15) is 49.1 Å². The second-order valence-corrected chi connectivity index (χ2v) is 8.24. The highest BCUT2D eigenvalue weighted by atomic mass is 16.5. The molecule has 0 radical (unpaired) electrons. The maximum absolute atomic E-state index is 12.6. The molecule has 7 nitrogen and oxygen atoms in total. The largest absolute Gasteiger partial charge is 0.368 e. The van der Waals surface area contributed by atoms with Gasteiger partial charge in [-0.15, -0.1) is 0 Å². The van der Waals surface area contributed by atoms with Gasteiger partial charge in [0.2, 0.25) is 5.91 Å². The van der Waals surface area contributed by atoms with Gasteiger partial charge in [0.1, 0.15) is 11.9 Å². The molecule has 1 saturated carbocycles. The number of piperidine rings is 1. The van der Waals surface area contributed by atoms with Gasteiger partial charge in [-0.1, -0.05) is 5.16 Å². The summed E-state index contributed by atoms with van der Waals surface area (Å²) in [7, 11) is 0. The van der Waals surface area contributed by atoms with Crippen LogP contribution in [0.4, 0.5) is 0 Å². The molecule has 3 heterocycles. The molecule has 2 amide bonds. The fourth-order valence-corrected chi connectivity index (χ4v) is 4.97. The van der Waals surface area contributed by atoms with Gasteiger partial charge in [0.15, 0.2) is 0 Å². The molecule has 0 spiro atoms. The number of rotatable bonds is 5. The first-order valence-corrected chi connectivity index (χ1v) is 10.1. The van der Waals surface area contributed by atoms with Crippen molar-refractivity contribution in [3.63, 3.8) is 0 Å². The van der Waals surface area contributed by atoms with Crippen molar-refractivity contribution in [1.82, 2.24) is 15.4 Å². The van der Waals surface area contributed by atoms with Gasteiger partial charge in [-0.3, -0.25) is 9.59 Å². The fourth-order valence-electron chi connectivity index (χ4n) is 4.97. The molecule has 1 aromatic heterocycles. The molecular formula is C20H29N3O4. The molecule has 1 N–H and O–H groups in total. The van der Waals surface area contributed by atoms with Crippen molar-refractivity contribution in [3.05, 3.63) is 17.0 Å². The van der Waals surface area contributed by atoms with E-state index in [1.54, 1.807) is 0 Å². The summed E-state index contributed by atoms with van der Waals surface area (Å²) in [6.45, 7) is 5.97. The third-order valence-electron chi connectivity index (χ3n) is 6.46. The Morgan fingerprint density at radius 3 is 2.52 bits per heavy atom. The average molecular weight is 375 g/mol. The van der Waals surface area contributed by atoms with E-state index >= 15 is 0 Å². The molecule has 3 aliphatic rings. The Labute approximate surface area is 159 Å². The molecule has 27 heavy (non-hydrogen) atoms. The Kier molecular flexibility index (Phi) is 5.21. The van der Waals surface area contributed by atoms with E-state index in [4.69, 9.17) is 9.26 Å². The normalized spacial score (nSPS) is 29.9. The predicted molar refractivity (Wildman–Crippen MR) is 98.0 cm³/mol. The zero-order valence-corrected chi connectivity index (χ0v) is 16.2. The topological polar surface area (TPSA) is 84.7 Å². The van der Waals surface area contributed by atoms with Crippen LogP contribution in [0.5, 0.6) is 0 Å². The number of aromatic nitrogens is 1. The van der Waals surface area contributed by atoms with E-state index in [1.807, 2.05) is 18.7 Å². The van der Waals surface area contributed by atoms with Crippen LogP contribution in [0.3, 0.4) is 0 Å². The van der Waals surface area contributed by atoms with Gasteiger partial charge in [-0.2, -0.15) is 0 Å². The standard InChI is InChI=1S/C20H29N3O4/c1-12-16(13(2)27-22-12)7-8-18(24)21-19-14-5-6-15(19)11-23(10-14)20(25)17-4-3-9-26-17/h14-15,17,19H,3-11H2,1-2H3,(H,21,24)/t14-,15+,17-,19?/m1/s1. The predicted octanol–water partition coefficient (Wildman–Crippen LogP) is 1.76. The number of likely N-dealkylation sites (tertiary alicyclic amines) is 1. The van der Waals surface area contributed by atoms with E-state index in [-0.39, 0.29) is 24.0 Å². The number of hydrogen-bond donors (Lipinski definition) is 1. The van der Waals surface area contributed by atoms with Crippen LogP contribution >= 0.6 is 0 Å². The van der Waals surface area contributed by atoms with E-state index in [0.717, 1.165) is 55.8 Å². The van der Waals surface area contributed by atoms with Gasteiger partial charge in [-0.05, 0) is 57.8 Å². The van der Waals surface area contributed by atoms with Gasteiger partial charge >= 0.3 is 0 Å². The quantitative estimate of drug-likeness (QED) is 0.848. The van der Waals surface area contributed by atoms with E-state index in [9.17, 15) is 9.59 Å². The zero-order chi connectivity index (χ0) is 19.0. The van der Waals surface area contributed by atoms with Gasteiger partial charge in [-0.25, -0.2) is 0 Å². The molecule has 4 rings (SSSR count). The summed E-state index contributed by atoms with van der Waals surface area (Å²) in [6, 6.07) is 0.190. The van der Waals surface area contributed by atoms with Crippen molar-refractivity contribution in [3.8, 4) is 0 Å². The minimum atomic E-state index is -0.245. The molecule has 4 atom stereocenters. The van der Waals surface area contributed by atoms with Crippen LogP contribution in [-0.2, 0) is 20.7 Å². The maximum atomic E-state index is 12.6. The first-order chi connectivity index (χ1) is 13.0. The molecule has 0 aromatic carbocycles. The van der Waals surface area contributed by atoms with E-state index < -0.39 is 0 Å². The van der Waals surface area contributed by atoms with E-state index in [2.05, 4.69) is 10.5 Å². The molecule has 2 bridgehead atoms. The monoisotopic (exact) mass is 375 g/mol. The number of amides is 2. The number of nitrogens with one attached hydrogen (secondary N) is 1. The Morgan fingerprint density at radius 1 is 1.19 bits per heavy atom. The van der Waals surface area contributed by atoms with Crippen LogP contribution in [-0.4, -0.2) is 53.7 Å². The number of hydrogen-bond acceptors (Lipinski definition) is 5. The van der Waals surface area contributed by atoms with Gasteiger partial charge < -0.3 is 19.5 Å². The van der Waals surface area contributed by atoms with E-state index in [1.165, 1.54) is 0 Å². The Bertz CT molecular complexity index is 677. The Balaban J connectivity index is 1.30. The molecule has 1 aromatic rings. The second-order valence-electron chi connectivity index (χ2n) is 8.24. The highest BCUT2D eigenvalue weighted by Gasteiger charge is 2.45. The van der Waals surface area contributed by atoms with Crippen molar-refractivity contribution in [1.29, 1.82) is 0 Å². The van der Waals surface area contributed by atoms with Crippen molar-refractivity contribution >= 4 is 11.8 Å². The smallest absolute Gasteiger partial charge is 0.251 e. The SMILES string of the molecule is Cc1noc(C)c1CCC(=O)NC1[C@@H]2CC[C@H]1CN(C(=O)[C@H]1CCCO1)C2. The highest BCUT2D eigenvalue weighted by molar-refractivity contribution is 5.81. The van der Waals surface area contributed by atoms with Crippen molar-refractivity contribution < 1.29 is 18.8 Å². The maximum Gasteiger partial charge on any atom is 0.251 e. The molecule has 2 saturated heterocycles. The number of fused-ring (bicyclic) bond motifs is 2. The van der Waals surface area contributed by atoms with Crippen LogP contribution in [0, 0.1) is 25.7 Å². The average Bonchev–Trinajstić information content (AvgIpc) is 3.33. The highest BCUT2D eigenvalue weighted by Crippen LogP contribution is 2.37. The van der Waals surface area contributed by atoms with Crippen molar-refractivity contribution in [2.75, 3.05) is 19.7 Å².